The first kappa shape index (κ1) is 15.7. The van der Waals surface area contributed by atoms with Gasteiger partial charge in [0.05, 0.1) is 23.8 Å². The first-order valence-corrected chi connectivity index (χ1v) is 9.52. The summed E-state index contributed by atoms with van der Waals surface area (Å²) in [6, 6.07) is 4.41. The molecule has 24 heavy (non-hydrogen) atoms. The monoisotopic (exact) mass is 345 g/mol. The van der Waals surface area contributed by atoms with Crippen molar-refractivity contribution in [2.24, 2.45) is 5.92 Å². The second-order valence-corrected chi connectivity index (χ2v) is 8.06. The fraction of sp³-hybridized carbons (Fsp3) is 0.556. The van der Waals surface area contributed by atoms with E-state index >= 15 is 0 Å². The molecule has 2 aromatic heterocycles. The quantitative estimate of drug-likeness (QED) is 0.859. The third kappa shape index (κ3) is 3.48. The molecule has 2 heterocycles. The lowest BCUT2D eigenvalue weighted by atomic mass is 10.3. The van der Waals surface area contributed by atoms with Gasteiger partial charge in [-0.3, -0.25) is 0 Å². The molecule has 5 nitrogen and oxygen atoms in total. The van der Waals surface area contributed by atoms with Gasteiger partial charge in [0.2, 0.25) is 0 Å². The lowest BCUT2D eigenvalue weighted by Crippen LogP contribution is -2.40. The zero-order valence-corrected chi connectivity index (χ0v) is 14.9. The Labute approximate surface area is 146 Å². The fourth-order valence-electron chi connectivity index (χ4n) is 3.08. The van der Waals surface area contributed by atoms with Crippen molar-refractivity contribution in [3.8, 4) is 0 Å². The number of hydrogen-bond donors (Lipinski definition) is 1. The second-order valence-electron chi connectivity index (χ2n) is 7.00. The number of nitrogens with one attached hydrogen (secondary N) is 1. The van der Waals surface area contributed by atoms with Gasteiger partial charge in [-0.15, -0.1) is 11.3 Å². The Bertz CT molecular complexity index is 734. The van der Waals surface area contributed by atoms with Crippen LogP contribution in [0.1, 0.15) is 54.3 Å². The molecule has 0 radical (unpaired) electrons. The smallest absolute Gasteiger partial charge is 0.318 e. The summed E-state index contributed by atoms with van der Waals surface area (Å²) in [5, 5.41) is 6.01. The molecule has 2 atom stereocenters. The Morgan fingerprint density at radius 3 is 2.88 bits per heavy atom. The van der Waals surface area contributed by atoms with Crippen molar-refractivity contribution in [2.75, 3.05) is 0 Å². The van der Waals surface area contributed by atoms with E-state index in [4.69, 9.17) is 4.42 Å². The van der Waals surface area contributed by atoms with Crippen molar-refractivity contribution in [2.45, 2.75) is 58.2 Å². The minimum atomic E-state index is -0.0270. The standard InChI is InChI=1S/C18H23N3O2S/c1-11-7-16(11)17-6-5-15(23-17)9-21(14-3-4-14)18(22)19-8-13-10-24-12(2)20-13/h5-6,10-11,14,16H,3-4,7-9H2,1-2H3,(H,19,22)/t11-,16+/m0/s1. The zero-order chi connectivity index (χ0) is 16.7. The molecule has 0 saturated heterocycles. The first-order chi connectivity index (χ1) is 11.6. The van der Waals surface area contributed by atoms with Crippen LogP contribution in [-0.4, -0.2) is 22.0 Å². The van der Waals surface area contributed by atoms with E-state index in [2.05, 4.69) is 23.3 Å². The van der Waals surface area contributed by atoms with Crippen LogP contribution in [0.25, 0.3) is 0 Å². The molecule has 0 unspecified atom stereocenters. The molecule has 128 valence electrons. The maximum absolute atomic E-state index is 12.6. The maximum Gasteiger partial charge on any atom is 0.318 e. The van der Waals surface area contributed by atoms with Crippen LogP contribution in [0.5, 0.6) is 0 Å². The van der Waals surface area contributed by atoms with E-state index in [0.29, 0.717) is 25.0 Å². The van der Waals surface area contributed by atoms with E-state index in [0.717, 1.165) is 41.0 Å². The minimum Gasteiger partial charge on any atom is -0.464 e. The van der Waals surface area contributed by atoms with Crippen LogP contribution in [0, 0.1) is 12.8 Å². The lowest BCUT2D eigenvalue weighted by molar-refractivity contribution is 0.186. The molecule has 2 amide bonds. The van der Waals surface area contributed by atoms with E-state index in [-0.39, 0.29) is 6.03 Å². The molecule has 2 saturated carbocycles. The molecule has 2 fully saturated rings. The molecule has 2 aromatic rings. The van der Waals surface area contributed by atoms with Crippen LogP contribution in [0.3, 0.4) is 0 Å². The van der Waals surface area contributed by atoms with Crippen LogP contribution in [0.15, 0.2) is 21.9 Å². The maximum atomic E-state index is 12.6. The average Bonchev–Trinajstić information content (AvgIpc) is 3.44. The van der Waals surface area contributed by atoms with Crippen molar-refractivity contribution in [3.63, 3.8) is 0 Å². The predicted octanol–water partition coefficient (Wildman–Crippen LogP) is 4.04. The van der Waals surface area contributed by atoms with E-state index in [9.17, 15) is 4.79 Å². The molecular formula is C18H23N3O2S. The Balaban J connectivity index is 1.36. The molecular weight excluding hydrogens is 322 g/mol. The fourth-order valence-corrected chi connectivity index (χ4v) is 3.69. The van der Waals surface area contributed by atoms with Gasteiger partial charge in [-0.1, -0.05) is 6.92 Å². The number of hydrogen-bond acceptors (Lipinski definition) is 4. The summed E-state index contributed by atoms with van der Waals surface area (Å²) >= 11 is 1.61. The van der Waals surface area contributed by atoms with Gasteiger partial charge in [0.25, 0.3) is 0 Å². The number of amides is 2. The zero-order valence-electron chi connectivity index (χ0n) is 14.1. The number of urea groups is 1. The highest BCUT2D eigenvalue weighted by Gasteiger charge is 2.37. The molecule has 2 aliphatic rings. The Hall–Kier alpha value is -1.82. The minimum absolute atomic E-state index is 0.0270. The third-order valence-corrected chi connectivity index (χ3v) is 5.64. The van der Waals surface area contributed by atoms with Crippen LogP contribution in [0.2, 0.25) is 0 Å². The van der Waals surface area contributed by atoms with Gasteiger partial charge in [0.1, 0.15) is 11.5 Å². The molecule has 2 aliphatic carbocycles. The van der Waals surface area contributed by atoms with Crippen LogP contribution in [-0.2, 0) is 13.1 Å². The van der Waals surface area contributed by atoms with Gasteiger partial charge in [-0.25, -0.2) is 9.78 Å². The van der Waals surface area contributed by atoms with Crippen molar-refractivity contribution in [3.05, 3.63) is 39.7 Å². The highest BCUT2D eigenvalue weighted by atomic mass is 32.1. The number of thiazole rings is 1. The van der Waals surface area contributed by atoms with Crippen molar-refractivity contribution >= 4 is 17.4 Å². The predicted molar refractivity (Wildman–Crippen MR) is 92.9 cm³/mol. The van der Waals surface area contributed by atoms with Gasteiger partial charge in [0, 0.05) is 17.3 Å². The van der Waals surface area contributed by atoms with Gasteiger partial charge >= 0.3 is 6.03 Å². The largest absolute Gasteiger partial charge is 0.464 e. The number of carbonyl (C=O) groups excluding carboxylic acids is 1. The summed E-state index contributed by atoms with van der Waals surface area (Å²) in [4.78, 5) is 18.9. The van der Waals surface area contributed by atoms with Crippen molar-refractivity contribution < 1.29 is 9.21 Å². The van der Waals surface area contributed by atoms with E-state index in [1.807, 2.05) is 23.3 Å². The van der Waals surface area contributed by atoms with Crippen LogP contribution in [0.4, 0.5) is 4.79 Å². The summed E-state index contributed by atoms with van der Waals surface area (Å²) in [5.41, 5.74) is 0.921. The van der Waals surface area contributed by atoms with Gasteiger partial charge in [-0.05, 0) is 44.2 Å². The second kappa shape index (κ2) is 6.24. The van der Waals surface area contributed by atoms with Gasteiger partial charge in [-0.2, -0.15) is 0 Å². The SMILES string of the molecule is Cc1nc(CNC(=O)N(Cc2ccc([C@@H]3C[C@@H]3C)o2)C2CC2)cs1. The number of aryl methyl sites for hydroxylation is 1. The van der Waals surface area contributed by atoms with Crippen molar-refractivity contribution in [1.82, 2.24) is 15.2 Å². The van der Waals surface area contributed by atoms with Crippen molar-refractivity contribution in [1.29, 1.82) is 0 Å². The Kier molecular flexibility index (Phi) is 4.08. The summed E-state index contributed by atoms with van der Waals surface area (Å²) in [5.74, 6) is 3.27. The topological polar surface area (TPSA) is 58.4 Å². The molecule has 1 N–H and O–H groups in total. The number of rotatable bonds is 6. The van der Waals surface area contributed by atoms with Gasteiger partial charge < -0.3 is 14.6 Å². The third-order valence-electron chi connectivity index (χ3n) is 4.82. The number of carbonyl (C=O) groups is 1. The van der Waals surface area contributed by atoms with Gasteiger partial charge in [0.15, 0.2) is 0 Å². The Morgan fingerprint density at radius 2 is 2.25 bits per heavy atom. The highest BCUT2D eigenvalue weighted by Crippen LogP contribution is 2.47. The number of nitrogens with zero attached hydrogens (tertiary/aromatic N) is 2. The van der Waals surface area contributed by atoms with E-state index in [1.165, 1.54) is 6.42 Å². The molecule has 0 bridgehead atoms. The van der Waals surface area contributed by atoms with Crippen LogP contribution >= 0.6 is 11.3 Å². The van der Waals surface area contributed by atoms with E-state index < -0.39 is 0 Å². The number of aromatic nitrogens is 1. The summed E-state index contributed by atoms with van der Waals surface area (Å²) in [6.07, 6.45) is 3.37. The average molecular weight is 345 g/mol. The number of furan rings is 1. The summed E-state index contributed by atoms with van der Waals surface area (Å²) < 4.78 is 5.97. The Morgan fingerprint density at radius 1 is 1.46 bits per heavy atom. The molecule has 4 rings (SSSR count). The first-order valence-electron chi connectivity index (χ1n) is 8.64. The molecule has 0 aliphatic heterocycles. The molecule has 0 spiro atoms. The van der Waals surface area contributed by atoms with Crippen LogP contribution < -0.4 is 5.32 Å². The summed E-state index contributed by atoms with van der Waals surface area (Å²) in [6.45, 7) is 5.25. The molecule has 0 aromatic carbocycles. The summed E-state index contributed by atoms with van der Waals surface area (Å²) in [7, 11) is 0. The molecule has 6 heteroatoms. The highest BCUT2D eigenvalue weighted by molar-refractivity contribution is 7.09. The normalized spacial score (nSPS) is 22.4. The van der Waals surface area contributed by atoms with E-state index in [1.54, 1.807) is 11.3 Å². The lowest BCUT2D eigenvalue weighted by Gasteiger charge is -2.21.